The standard InChI is InChI=1S/C7H14N2O/c1-7(5-8)6-9-3-2-4-10/h7,9-10H,2-4,6H2,1H3. The van der Waals surface area contributed by atoms with Crippen molar-refractivity contribution in [2.75, 3.05) is 19.7 Å². The zero-order valence-electron chi connectivity index (χ0n) is 6.30. The Bertz CT molecular complexity index is 109. The van der Waals surface area contributed by atoms with Gasteiger partial charge in [0.2, 0.25) is 0 Å². The smallest absolute Gasteiger partial charge is 0.0666 e. The molecule has 1 unspecified atom stereocenters. The van der Waals surface area contributed by atoms with Crippen LogP contribution in [0.2, 0.25) is 0 Å². The summed E-state index contributed by atoms with van der Waals surface area (Å²) >= 11 is 0. The Morgan fingerprint density at radius 1 is 1.70 bits per heavy atom. The van der Waals surface area contributed by atoms with E-state index in [1.807, 2.05) is 6.92 Å². The molecule has 0 saturated heterocycles. The lowest BCUT2D eigenvalue weighted by atomic mass is 10.2. The van der Waals surface area contributed by atoms with E-state index >= 15 is 0 Å². The summed E-state index contributed by atoms with van der Waals surface area (Å²) < 4.78 is 0. The first-order chi connectivity index (χ1) is 4.81. The molecule has 0 aliphatic heterocycles. The van der Waals surface area contributed by atoms with E-state index in [-0.39, 0.29) is 12.5 Å². The van der Waals surface area contributed by atoms with E-state index in [2.05, 4.69) is 11.4 Å². The lowest BCUT2D eigenvalue weighted by molar-refractivity contribution is 0.285. The summed E-state index contributed by atoms with van der Waals surface area (Å²) in [7, 11) is 0. The molecule has 0 spiro atoms. The third-order valence-electron chi connectivity index (χ3n) is 1.18. The molecule has 3 nitrogen and oxygen atoms in total. The van der Waals surface area contributed by atoms with Crippen LogP contribution in [0.3, 0.4) is 0 Å². The van der Waals surface area contributed by atoms with Crippen LogP contribution in [-0.2, 0) is 0 Å². The Morgan fingerprint density at radius 3 is 2.90 bits per heavy atom. The van der Waals surface area contributed by atoms with Crippen molar-refractivity contribution in [3.05, 3.63) is 0 Å². The molecule has 0 aromatic heterocycles. The van der Waals surface area contributed by atoms with Crippen molar-refractivity contribution in [1.82, 2.24) is 5.32 Å². The molecule has 0 saturated carbocycles. The average Bonchev–Trinajstić information content (AvgIpc) is 1.98. The molecular weight excluding hydrogens is 128 g/mol. The van der Waals surface area contributed by atoms with Gasteiger partial charge in [0, 0.05) is 13.2 Å². The molecule has 0 heterocycles. The average molecular weight is 142 g/mol. The summed E-state index contributed by atoms with van der Waals surface area (Å²) in [5.41, 5.74) is 0. The lowest BCUT2D eigenvalue weighted by Gasteiger charge is -2.02. The Morgan fingerprint density at radius 2 is 2.40 bits per heavy atom. The van der Waals surface area contributed by atoms with Gasteiger partial charge in [0.25, 0.3) is 0 Å². The number of aliphatic hydroxyl groups is 1. The van der Waals surface area contributed by atoms with Gasteiger partial charge in [-0.05, 0) is 19.9 Å². The van der Waals surface area contributed by atoms with Crippen LogP contribution in [-0.4, -0.2) is 24.8 Å². The summed E-state index contributed by atoms with van der Waals surface area (Å²) in [6.07, 6.45) is 0.762. The first-order valence-corrected chi connectivity index (χ1v) is 3.52. The summed E-state index contributed by atoms with van der Waals surface area (Å²) in [5.74, 6) is 0.0682. The molecule has 0 rings (SSSR count). The van der Waals surface area contributed by atoms with Crippen molar-refractivity contribution in [2.45, 2.75) is 13.3 Å². The fourth-order valence-corrected chi connectivity index (χ4v) is 0.568. The van der Waals surface area contributed by atoms with Crippen LogP contribution in [0.15, 0.2) is 0 Å². The van der Waals surface area contributed by atoms with E-state index in [0.717, 1.165) is 19.5 Å². The van der Waals surface area contributed by atoms with Crippen molar-refractivity contribution in [3.63, 3.8) is 0 Å². The largest absolute Gasteiger partial charge is 0.396 e. The summed E-state index contributed by atoms with van der Waals surface area (Å²) in [6, 6.07) is 2.12. The first kappa shape index (κ1) is 9.41. The van der Waals surface area contributed by atoms with Crippen LogP contribution in [0.4, 0.5) is 0 Å². The van der Waals surface area contributed by atoms with Gasteiger partial charge >= 0.3 is 0 Å². The van der Waals surface area contributed by atoms with Crippen molar-refractivity contribution < 1.29 is 5.11 Å². The van der Waals surface area contributed by atoms with Gasteiger partial charge in [-0.1, -0.05) is 0 Å². The second-order valence-electron chi connectivity index (χ2n) is 2.31. The molecule has 1 atom stereocenters. The second-order valence-corrected chi connectivity index (χ2v) is 2.31. The molecule has 0 aromatic rings. The minimum atomic E-state index is 0.0682. The maximum Gasteiger partial charge on any atom is 0.0666 e. The monoisotopic (exact) mass is 142 g/mol. The van der Waals surface area contributed by atoms with E-state index in [1.165, 1.54) is 0 Å². The van der Waals surface area contributed by atoms with Gasteiger partial charge in [0.05, 0.1) is 12.0 Å². The van der Waals surface area contributed by atoms with Gasteiger partial charge in [0.15, 0.2) is 0 Å². The quantitative estimate of drug-likeness (QED) is 0.536. The van der Waals surface area contributed by atoms with E-state index in [1.54, 1.807) is 0 Å². The number of aliphatic hydroxyl groups excluding tert-OH is 1. The van der Waals surface area contributed by atoms with Crippen LogP contribution >= 0.6 is 0 Å². The normalized spacial score (nSPS) is 12.5. The molecule has 0 fully saturated rings. The van der Waals surface area contributed by atoms with E-state index in [0.29, 0.717) is 0 Å². The molecule has 58 valence electrons. The molecular formula is C7H14N2O. The minimum Gasteiger partial charge on any atom is -0.396 e. The van der Waals surface area contributed by atoms with Crippen molar-refractivity contribution >= 4 is 0 Å². The molecule has 0 aromatic carbocycles. The first-order valence-electron chi connectivity index (χ1n) is 3.52. The maximum atomic E-state index is 8.38. The Labute approximate surface area is 61.7 Å². The van der Waals surface area contributed by atoms with Crippen molar-refractivity contribution in [3.8, 4) is 6.07 Å². The van der Waals surface area contributed by atoms with Crippen LogP contribution in [0.5, 0.6) is 0 Å². The van der Waals surface area contributed by atoms with Crippen LogP contribution in [0, 0.1) is 17.2 Å². The Balaban J connectivity index is 2.98. The van der Waals surface area contributed by atoms with Crippen LogP contribution in [0.1, 0.15) is 13.3 Å². The maximum absolute atomic E-state index is 8.38. The number of nitriles is 1. The SMILES string of the molecule is CC(C#N)CNCCCO. The van der Waals surface area contributed by atoms with E-state index < -0.39 is 0 Å². The lowest BCUT2D eigenvalue weighted by Crippen LogP contribution is -2.21. The molecule has 0 radical (unpaired) electrons. The van der Waals surface area contributed by atoms with E-state index in [9.17, 15) is 0 Å². The fourth-order valence-electron chi connectivity index (χ4n) is 0.568. The molecule has 10 heavy (non-hydrogen) atoms. The predicted octanol–water partition coefficient (Wildman–Crippen LogP) is 0.118. The fraction of sp³-hybridized carbons (Fsp3) is 0.857. The summed E-state index contributed by atoms with van der Waals surface area (Å²) in [4.78, 5) is 0. The molecule has 0 aliphatic carbocycles. The minimum absolute atomic E-state index is 0.0682. The zero-order valence-corrected chi connectivity index (χ0v) is 6.30. The van der Waals surface area contributed by atoms with Gasteiger partial charge < -0.3 is 10.4 Å². The summed E-state index contributed by atoms with van der Waals surface area (Å²) in [6.45, 7) is 3.60. The number of nitrogens with one attached hydrogen (secondary N) is 1. The van der Waals surface area contributed by atoms with Gasteiger partial charge in [0.1, 0.15) is 0 Å². The molecule has 0 amide bonds. The molecule has 3 heteroatoms. The topological polar surface area (TPSA) is 56.0 Å². The Hall–Kier alpha value is -0.590. The van der Waals surface area contributed by atoms with Crippen LogP contribution < -0.4 is 5.32 Å². The number of hydrogen-bond acceptors (Lipinski definition) is 3. The number of nitrogens with zero attached hydrogens (tertiary/aromatic N) is 1. The third-order valence-corrected chi connectivity index (χ3v) is 1.18. The van der Waals surface area contributed by atoms with Gasteiger partial charge in [-0.15, -0.1) is 0 Å². The second kappa shape index (κ2) is 6.53. The van der Waals surface area contributed by atoms with E-state index in [4.69, 9.17) is 10.4 Å². The van der Waals surface area contributed by atoms with Crippen molar-refractivity contribution in [1.29, 1.82) is 5.26 Å². The third kappa shape index (κ3) is 5.54. The highest BCUT2D eigenvalue weighted by atomic mass is 16.3. The molecule has 0 aliphatic rings. The zero-order chi connectivity index (χ0) is 7.82. The Kier molecular flexibility index (Phi) is 6.14. The van der Waals surface area contributed by atoms with Crippen molar-refractivity contribution in [2.24, 2.45) is 5.92 Å². The highest BCUT2D eigenvalue weighted by Gasteiger charge is 1.95. The highest BCUT2D eigenvalue weighted by Crippen LogP contribution is 1.86. The summed E-state index contributed by atoms with van der Waals surface area (Å²) in [5, 5.41) is 19.8. The number of hydrogen-bond donors (Lipinski definition) is 2. The predicted molar refractivity (Wildman–Crippen MR) is 39.3 cm³/mol. The van der Waals surface area contributed by atoms with Gasteiger partial charge in [-0.3, -0.25) is 0 Å². The molecule has 0 bridgehead atoms. The molecule has 2 N–H and O–H groups in total. The van der Waals surface area contributed by atoms with Gasteiger partial charge in [-0.25, -0.2) is 0 Å². The number of rotatable bonds is 5. The van der Waals surface area contributed by atoms with Crippen LogP contribution in [0.25, 0.3) is 0 Å². The van der Waals surface area contributed by atoms with Gasteiger partial charge in [-0.2, -0.15) is 5.26 Å². The highest BCUT2D eigenvalue weighted by molar-refractivity contribution is 4.79.